The van der Waals surface area contributed by atoms with Crippen molar-refractivity contribution in [1.29, 1.82) is 0 Å². The van der Waals surface area contributed by atoms with Gasteiger partial charge in [0, 0.05) is 18.0 Å². The number of carbonyl (C=O) groups is 1. The summed E-state index contributed by atoms with van der Waals surface area (Å²) < 4.78 is 1.73. The number of rotatable bonds is 5. The summed E-state index contributed by atoms with van der Waals surface area (Å²) in [7, 11) is 0. The van der Waals surface area contributed by atoms with Gasteiger partial charge in [-0.3, -0.25) is 9.78 Å². The predicted molar refractivity (Wildman–Crippen MR) is 97.6 cm³/mol. The van der Waals surface area contributed by atoms with Crippen molar-refractivity contribution in [2.45, 2.75) is 27.3 Å². The van der Waals surface area contributed by atoms with Gasteiger partial charge in [0.2, 0.25) is 5.91 Å². The molecule has 1 atom stereocenters. The van der Waals surface area contributed by atoms with Gasteiger partial charge in [-0.2, -0.15) is 5.10 Å². The van der Waals surface area contributed by atoms with E-state index in [0.717, 1.165) is 11.4 Å². The monoisotopic (exact) mass is 376 g/mol. The first-order valence-corrected chi connectivity index (χ1v) is 8.89. The van der Waals surface area contributed by atoms with Crippen LogP contribution in [0.5, 0.6) is 0 Å². The molecule has 0 bridgehead atoms. The Morgan fingerprint density at radius 2 is 2.20 bits per heavy atom. The average Bonchev–Trinajstić information content (AvgIpc) is 3.10. The zero-order valence-corrected chi connectivity index (χ0v) is 15.6. The molecule has 3 rings (SSSR count). The van der Waals surface area contributed by atoms with Crippen LogP contribution in [0.4, 0.5) is 5.00 Å². The summed E-state index contributed by atoms with van der Waals surface area (Å²) in [6.45, 7) is 5.98. The van der Waals surface area contributed by atoms with Crippen molar-refractivity contribution in [1.82, 2.24) is 24.7 Å². The van der Waals surface area contributed by atoms with E-state index in [0.29, 0.717) is 22.4 Å². The highest BCUT2D eigenvalue weighted by atomic mass is 35.5. The number of hydrogen-bond donors (Lipinski definition) is 1. The number of nitrogens with zero attached hydrogens (tertiary/aromatic N) is 5. The van der Waals surface area contributed by atoms with Crippen molar-refractivity contribution < 1.29 is 4.79 Å². The molecule has 0 saturated carbocycles. The maximum absolute atomic E-state index is 12.5. The predicted octanol–water partition coefficient (Wildman–Crippen LogP) is 3.34. The molecule has 9 heteroatoms. The largest absolute Gasteiger partial charge is 0.315 e. The molecular formula is C16H17ClN6OS. The molecular weight excluding hydrogens is 360 g/mol. The maximum Gasteiger partial charge on any atom is 0.229 e. The summed E-state index contributed by atoms with van der Waals surface area (Å²) in [6.07, 6.45) is 3.40. The van der Waals surface area contributed by atoms with Crippen LogP contribution < -0.4 is 5.32 Å². The van der Waals surface area contributed by atoms with Crippen LogP contribution in [-0.2, 0) is 11.3 Å². The molecule has 1 unspecified atom stereocenters. The highest BCUT2D eigenvalue weighted by Gasteiger charge is 2.19. The minimum absolute atomic E-state index is 0.143. The second-order valence-corrected chi connectivity index (χ2v) is 7.02. The standard InChI is InChI=1S/C16H17ClN6OS/c1-9(8-23-11(3)19-10(2)22-23)14(24)21-16-13(17)20-15(25-16)12-5-4-6-18-7-12/h4-7,9H,8H2,1-3H3,(H,21,24). The lowest BCUT2D eigenvalue weighted by Gasteiger charge is -2.11. The highest BCUT2D eigenvalue weighted by molar-refractivity contribution is 7.19. The molecule has 0 fully saturated rings. The quantitative estimate of drug-likeness (QED) is 0.738. The molecule has 3 heterocycles. The summed E-state index contributed by atoms with van der Waals surface area (Å²) in [4.78, 5) is 25.1. The first kappa shape index (κ1) is 17.5. The number of carbonyl (C=O) groups excluding carboxylic acids is 1. The molecule has 0 aliphatic rings. The van der Waals surface area contributed by atoms with E-state index in [1.54, 1.807) is 17.1 Å². The van der Waals surface area contributed by atoms with Crippen molar-refractivity contribution in [3.8, 4) is 10.6 Å². The van der Waals surface area contributed by atoms with E-state index in [1.165, 1.54) is 11.3 Å². The van der Waals surface area contributed by atoms with Gasteiger partial charge in [-0.15, -0.1) is 0 Å². The Hall–Kier alpha value is -2.32. The molecule has 3 aromatic rings. The summed E-state index contributed by atoms with van der Waals surface area (Å²) in [5.41, 5.74) is 0.858. The molecule has 7 nitrogen and oxygen atoms in total. The van der Waals surface area contributed by atoms with E-state index in [1.807, 2.05) is 32.9 Å². The number of pyridine rings is 1. The number of anilines is 1. The van der Waals surface area contributed by atoms with Crippen molar-refractivity contribution in [2.75, 3.05) is 5.32 Å². The van der Waals surface area contributed by atoms with Crippen LogP contribution in [0.3, 0.4) is 0 Å². The van der Waals surface area contributed by atoms with Gasteiger partial charge in [0.1, 0.15) is 21.7 Å². The van der Waals surface area contributed by atoms with Gasteiger partial charge in [0.25, 0.3) is 0 Å². The zero-order chi connectivity index (χ0) is 18.0. The van der Waals surface area contributed by atoms with Crippen molar-refractivity contribution >= 4 is 33.8 Å². The van der Waals surface area contributed by atoms with Gasteiger partial charge in [-0.1, -0.05) is 29.9 Å². The Bertz CT molecular complexity index is 891. The van der Waals surface area contributed by atoms with Gasteiger partial charge < -0.3 is 5.32 Å². The molecule has 25 heavy (non-hydrogen) atoms. The van der Waals surface area contributed by atoms with E-state index < -0.39 is 0 Å². The van der Waals surface area contributed by atoms with Crippen molar-refractivity contribution in [3.05, 3.63) is 41.3 Å². The number of hydrogen-bond acceptors (Lipinski definition) is 6. The van der Waals surface area contributed by atoms with Crippen LogP contribution >= 0.6 is 22.9 Å². The Morgan fingerprint density at radius 3 is 2.84 bits per heavy atom. The maximum atomic E-state index is 12.5. The van der Waals surface area contributed by atoms with E-state index in [2.05, 4.69) is 25.4 Å². The van der Waals surface area contributed by atoms with Crippen molar-refractivity contribution in [3.63, 3.8) is 0 Å². The lowest BCUT2D eigenvalue weighted by molar-refractivity contribution is -0.119. The molecule has 0 saturated heterocycles. The van der Waals surface area contributed by atoms with Crippen LogP contribution in [0.25, 0.3) is 10.6 Å². The third-order valence-corrected chi connectivity index (χ3v) is 4.99. The van der Waals surface area contributed by atoms with Crippen LogP contribution in [0.1, 0.15) is 18.6 Å². The second-order valence-electron chi connectivity index (χ2n) is 5.66. The number of aromatic nitrogens is 5. The number of amides is 1. The van der Waals surface area contributed by atoms with Gasteiger partial charge in [0.15, 0.2) is 5.15 Å². The molecule has 0 spiro atoms. The number of nitrogens with one attached hydrogen (secondary N) is 1. The van der Waals surface area contributed by atoms with E-state index >= 15 is 0 Å². The molecule has 0 radical (unpaired) electrons. The molecule has 0 aliphatic carbocycles. The third-order valence-electron chi connectivity index (χ3n) is 3.59. The van der Waals surface area contributed by atoms with Gasteiger partial charge in [0.05, 0.1) is 12.5 Å². The zero-order valence-electron chi connectivity index (χ0n) is 14.0. The topological polar surface area (TPSA) is 85.6 Å². The Balaban J connectivity index is 1.70. The summed E-state index contributed by atoms with van der Waals surface area (Å²) in [5.74, 6) is 1.04. The van der Waals surface area contributed by atoms with E-state index in [4.69, 9.17) is 11.6 Å². The SMILES string of the molecule is Cc1nc(C)n(CC(C)C(=O)Nc2sc(-c3cccnc3)nc2Cl)n1. The number of halogens is 1. The molecule has 0 aliphatic heterocycles. The Kier molecular flexibility index (Phi) is 5.10. The highest BCUT2D eigenvalue weighted by Crippen LogP contribution is 2.34. The molecule has 1 N–H and O–H groups in total. The van der Waals surface area contributed by atoms with Crippen molar-refractivity contribution in [2.24, 2.45) is 5.92 Å². The van der Waals surface area contributed by atoms with Crippen LogP contribution in [-0.4, -0.2) is 30.6 Å². The fourth-order valence-electron chi connectivity index (χ4n) is 2.30. The molecule has 0 aromatic carbocycles. The summed E-state index contributed by atoms with van der Waals surface area (Å²) in [6, 6.07) is 3.72. The summed E-state index contributed by atoms with van der Waals surface area (Å²) >= 11 is 7.49. The third kappa shape index (κ3) is 4.02. The first-order chi connectivity index (χ1) is 11.9. The number of thiazole rings is 1. The van der Waals surface area contributed by atoms with E-state index in [9.17, 15) is 4.79 Å². The first-order valence-electron chi connectivity index (χ1n) is 7.69. The van der Waals surface area contributed by atoms with E-state index in [-0.39, 0.29) is 17.0 Å². The second kappa shape index (κ2) is 7.28. The lowest BCUT2D eigenvalue weighted by Crippen LogP contribution is -2.25. The Labute approximate surface area is 154 Å². The Morgan fingerprint density at radius 1 is 1.40 bits per heavy atom. The fraction of sp³-hybridized carbons (Fsp3) is 0.312. The smallest absolute Gasteiger partial charge is 0.229 e. The van der Waals surface area contributed by atoms with Gasteiger partial charge in [-0.25, -0.2) is 14.6 Å². The van der Waals surface area contributed by atoms with Gasteiger partial charge in [-0.05, 0) is 26.0 Å². The molecule has 1 amide bonds. The summed E-state index contributed by atoms with van der Waals surface area (Å²) in [5, 5.41) is 8.65. The van der Waals surface area contributed by atoms with Crippen LogP contribution in [0.2, 0.25) is 5.15 Å². The lowest BCUT2D eigenvalue weighted by atomic mass is 10.1. The normalized spacial score (nSPS) is 12.2. The molecule has 130 valence electrons. The number of aryl methyl sites for hydroxylation is 2. The minimum Gasteiger partial charge on any atom is -0.315 e. The molecule has 3 aromatic heterocycles. The van der Waals surface area contributed by atoms with Crippen LogP contribution in [0, 0.1) is 19.8 Å². The van der Waals surface area contributed by atoms with Crippen LogP contribution in [0.15, 0.2) is 24.5 Å². The minimum atomic E-state index is -0.292. The van der Waals surface area contributed by atoms with Gasteiger partial charge >= 0.3 is 0 Å². The fourth-order valence-corrected chi connectivity index (χ4v) is 3.45. The average molecular weight is 377 g/mol.